The summed E-state index contributed by atoms with van der Waals surface area (Å²) in [5.41, 5.74) is 11.9. The van der Waals surface area contributed by atoms with Crippen LogP contribution in [0.5, 0.6) is 0 Å². The van der Waals surface area contributed by atoms with Crippen LogP contribution in [0, 0.1) is 0 Å². The molecule has 3 aromatic heterocycles. The van der Waals surface area contributed by atoms with E-state index in [-0.39, 0.29) is 0 Å². The Balaban J connectivity index is 0.000000283. The molecule has 4 heterocycles. The number of fused-ring (bicyclic) bond motifs is 1. The Labute approximate surface area is 272 Å². The summed E-state index contributed by atoms with van der Waals surface area (Å²) >= 11 is 0. The van der Waals surface area contributed by atoms with E-state index >= 15 is 0 Å². The minimum Gasteiger partial charge on any atom is -0.390 e. The minimum absolute atomic E-state index is 0.560. The second-order valence-electron chi connectivity index (χ2n) is 12.7. The van der Waals surface area contributed by atoms with Crippen molar-refractivity contribution in [1.29, 1.82) is 0 Å². The topological polar surface area (TPSA) is 77.1 Å². The molecule has 1 aliphatic carbocycles. The molecular weight excluding hydrogens is 566 g/mol. The fraction of sp³-hybridized carbons (Fsp3) is 0.300. The largest absolute Gasteiger partial charge is 0.390 e. The van der Waals surface area contributed by atoms with Gasteiger partial charge in [-0.15, -0.1) is 0 Å². The van der Waals surface area contributed by atoms with Crippen LogP contribution >= 0.6 is 0 Å². The summed E-state index contributed by atoms with van der Waals surface area (Å²) in [5.74, 6) is 0.758. The van der Waals surface area contributed by atoms with E-state index in [1.54, 1.807) is 0 Å². The van der Waals surface area contributed by atoms with Crippen molar-refractivity contribution in [3.63, 3.8) is 0 Å². The average Bonchev–Trinajstić information content (AvgIpc) is 3.85. The van der Waals surface area contributed by atoms with Gasteiger partial charge in [0.15, 0.2) is 0 Å². The lowest BCUT2D eigenvalue weighted by Gasteiger charge is -2.38. The molecular formula is C40H45N5O. The predicted octanol–water partition coefficient (Wildman–Crippen LogP) is 8.92. The first-order valence-electron chi connectivity index (χ1n) is 16.4. The van der Waals surface area contributed by atoms with Gasteiger partial charge in [0.25, 0.3) is 0 Å². The molecule has 1 saturated heterocycles. The van der Waals surface area contributed by atoms with Gasteiger partial charge in [-0.05, 0) is 96.7 Å². The molecule has 3 N–H and O–H groups in total. The molecule has 0 atom stereocenters. The Morgan fingerprint density at radius 1 is 1.04 bits per heavy atom. The number of hydrogen-bond acceptors (Lipinski definition) is 5. The van der Waals surface area contributed by atoms with Crippen LogP contribution in [-0.2, 0) is 6.42 Å². The van der Waals surface area contributed by atoms with Gasteiger partial charge in [0.1, 0.15) is 5.65 Å². The van der Waals surface area contributed by atoms with Gasteiger partial charge < -0.3 is 20.3 Å². The molecule has 236 valence electrons. The second-order valence-corrected chi connectivity index (χ2v) is 12.7. The van der Waals surface area contributed by atoms with Crippen LogP contribution in [0.3, 0.4) is 0 Å². The molecule has 2 fully saturated rings. The SMILES string of the molecule is C=C(c1ccc(-c2cc3c(-c4cccc(NC)c4CC)ccnc3[nH]2)cc1)N1CCC(C)(O)CC1.C=Cc1ccc(C2CC2)nc1. The zero-order valence-corrected chi connectivity index (χ0v) is 27.3. The van der Waals surface area contributed by atoms with Crippen molar-refractivity contribution in [2.45, 2.75) is 57.5 Å². The number of pyridine rings is 2. The fourth-order valence-corrected chi connectivity index (χ4v) is 6.31. The molecule has 6 heteroatoms. The average molecular weight is 612 g/mol. The summed E-state index contributed by atoms with van der Waals surface area (Å²) in [6.07, 6.45) is 10.7. The van der Waals surface area contributed by atoms with E-state index in [9.17, 15) is 5.11 Å². The van der Waals surface area contributed by atoms with E-state index in [2.05, 4.69) is 112 Å². The van der Waals surface area contributed by atoms with Crippen LogP contribution in [0.2, 0.25) is 0 Å². The number of hydrogen-bond donors (Lipinski definition) is 3. The fourth-order valence-electron chi connectivity index (χ4n) is 6.31. The van der Waals surface area contributed by atoms with Gasteiger partial charge in [0.2, 0.25) is 0 Å². The maximum atomic E-state index is 10.2. The van der Waals surface area contributed by atoms with E-state index in [0.717, 1.165) is 77.4 Å². The van der Waals surface area contributed by atoms with E-state index in [1.165, 1.54) is 40.9 Å². The molecule has 1 saturated carbocycles. The molecule has 1 aliphatic heterocycles. The highest BCUT2D eigenvalue weighted by atomic mass is 16.3. The molecule has 7 rings (SSSR count). The molecule has 0 radical (unpaired) electrons. The van der Waals surface area contributed by atoms with Crippen LogP contribution in [0.4, 0.5) is 5.69 Å². The molecule has 0 bridgehead atoms. The smallest absolute Gasteiger partial charge is 0.138 e. The van der Waals surface area contributed by atoms with E-state index in [0.29, 0.717) is 0 Å². The molecule has 0 unspecified atom stereocenters. The monoisotopic (exact) mass is 611 g/mol. The molecule has 0 spiro atoms. The zero-order valence-electron chi connectivity index (χ0n) is 27.3. The Hall–Kier alpha value is -4.68. The van der Waals surface area contributed by atoms with Crippen molar-refractivity contribution in [2.75, 3.05) is 25.5 Å². The quantitative estimate of drug-likeness (QED) is 0.163. The third-order valence-electron chi connectivity index (χ3n) is 9.41. The number of H-pyrrole nitrogens is 1. The minimum atomic E-state index is -0.560. The summed E-state index contributed by atoms with van der Waals surface area (Å²) in [4.78, 5) is 14.8. The predicted molar refractivity (Wildman–Crippen MR) is 193 cm³/mol. The van der Waals surface area contributed by atoms with Gasteiger partial charge in [-0.3, -0.25) is 4.98 Å². The highest BCUT2D eigenvalue weighted by molar-refractivity contribution is 5.97. The number of nitrogens with zero attached hydrogens (tertiary/aromatic N) is 3. The van der Waals surface area contributed by atoms with Gasteiger partial charge >= 0.3 is 0 Å². The number of anilines is 1. The number of aromatic amines is 1. The lowest BCUT2D eigenvalue weighted by atomic mass is 9.93. The van der Waals surface area contributed by atoms with Crippen LogP contribution in [-0.4, -0.2) is 50.7 Å². The van der Waals surface area contributed by atoms with E-state index < -0.39 is 5.60 Å². The van der Waals surface area contributed by atoms with Crippen molar-refractivity contribution in [2.24, 2.45) is 0 Å². The lowest BCUT2D eigenvalue weighted by molar-refractivity contribution is 0.00795. The maximum Gasteiger partial charge on any atom is 0.138 e. The lowest BCUT2D eigenvalue weighted by Crippen LogP contribution is -2.41. The van der Waals surface area contributed by atoms with Gasteiger partial charge in [-0.1, -0.05) is 68.6 Å². The van der Waals surface area contributed by atoms with Gasteiger partial charge in [-0.25, -0.2) is 4.98 Å². The number of likely N-dealkylation sites (tertiary alicyclic amines) is 1. The third-order valence-corrected chi connectivity index (χ3v) is 9.41. The number of aromatic nitrogens is 3. The Kier molecular flexibility index (Phi) is 9.09. The molecule has 0 amide bonds. The van der Waals surface area contributed by atoms with Crippen LogP contribution in [0.15, 0.2) is 92.3 Å². The molecule has 5 aromatic rings. The number of piperidine rings is 1. The number of aliphatic hydroxyl groups is 1. The van der Waals surface area contributed by atoms with Crippen molar-refractivity contribution in [3.05, 3.63) is 115 Å². The van der Waals surface area contributed by atoms with Gasteiger partial charge in [-0.2, -0.15) is 0 Å². The Bertz CT molecular complexity index is 1820. The second kappa shape index (κ2) is 13.4. The van der Waals surface area contributed by atoms with Gasteiger partial charge in [0, 0.05) is 66.6 Å². The first-order valence-corrected chi connectivity index (χ1v) is 16.4. The summed E-state index contributed by atoms with van der Waals surface area (Å²) < 4.78 is 0. The highest BCUT2D eigenvalue weighted by Gasteiger charge is 2.28. The van der Waals surface area contributed by atoms with E-state index in [4.69, 9.17) is 0 Å². The van der Waals surface area contributed by atoms with Crippen molar-refractivity contribution < 1.29 is 5.11 Å². The molecule has 46 heavy (non-hydrogen) atoms. The van der Waals surface area contributed by atoms with Crippen LogP contribution in [0.1, 0.15) is 67.8 Å². The standard InChI is InChI=1S/C30H34N4O.C10H11N/c1-5-23-24(7-6-8-27(23)31-4)25-13-16-32-29-26(25)19-28(33-29)22-11-9-21(10-12-22)20(2)34-17-14-30(3,35)15-18-34;1-2-8-3-6-10(11-7-8)9-4-5-9/h6-13,16,19,31,35H,2,5,14-15,17-18H2,1,3-4H3,(H,32,33);2-3,6-7,9H,1,4-5H2. The summed E-state index contributed by atoms with van der Waals surface area (Å²) in [5, 5.41) is 14.7. The van der Waals surface area contributed by atoms with Crippen molar-refractivity contribution in [3.8, 4) is 22.4 Å². The van der Waals surface area contributed by atoms with Crippen molar-refractivity contribution in [1.82, 2.24) is 19.9 Å². The normalized spacial score (nSPS) is 15.6. The third kappa shape index (κ3) is 6.77. The van der Waals surface area contributed by atoms with E-state index in [1.807, 2.05) is 32.4 Å². The Morgan fingerprint density at radius 2 is 1.80 bits per heavy atom. The van der Waals surface area contributed by atoms with Crippen molar-refractivity contribution >= 4 is 28.5 Å². The first-order chi connectivity index (χ1) is 22.3. The Morgan fingerprint density at radius 3 is 2.43 bits per heavy atom. The molecule has 6 nitrogen and oxygen atoms in total. The number of benzene rings is 2. The zero-order chi connectivity index (χ0) is 32.3. The van der Waals surface area contributed by atoms with Crippen LogP contribution in [0.25, 0.3) is 45.2 Å². The summed E-state index contributed by atoms with van der Waals surface area (Å²) in [6.45, 7) is 13.8. The summed E-state index contributed by atoms with van der Waals surface area (Å²) in [6, 6.07) is 23.5. The van der Waals surface area contributed by atoms with Gasteiger partial charge in [0.05, 0.1) is 5.60 Å². The number of nitrogens with one attached hydrogen (secondary N) is 2. The summed E-state index contributed by atoms with van der Waals surface area (Å²) in [7, 11) is 1.97. The molecule has 2 aliphatic rings. The highest BCUT2D eigenvalue weighted by Crippen LogP contribution is 2.39. The molecule has 2 aromatic carbocycles. The first kappa shape index (κ1) is 31.3. The van der Waals surface area contributed by atoms with Crippen LogP contribution < -0.4 is 5.32 Å². The maximum absolute atomic E-state index is 10.2. The number of rotatable bonds is 8.